The molecule has 3 rings (SSSR count). The summed E-state index contributed by atoms with van der Waals surface area (Å²) in [6.45, 7) is 0. The minimum Gasteiger partial charge on any atom is -0.266 e. The van der Waals surface area contributed by atoms with Crippen molar-refractivity contribution in [3.63, 3.8) is 0 Å². The summed E-state index contributed by atoms with van der Waals surface area (Å²) in [4.78, 5) is 0. The summed E-state index contributed by atoms with van der Waals surface area (Å²) >= 11 is 9.30. The fourth-order valence-electron chi connectivity index (χ4n) is 1.76. The van der Waals surface area contributed by atoms with Gasteiger partial charge in [0, 0.05) is 10.4 Å². The molecule has 2 aromatic rings. The number of hydrogen-bond acceptors (Lipinski definition) is 2. The zero-order chi connectivity index (χ0) is 12.0. The molecule has 0 spiro atoms. The van der Waals surface area contributed by atoms with Crippen LogP contribution in [0.5, 0.6) is 0 Å². The highest BCUT2D eigenvalue weighted by Crippen LogP contribution is 2.41. The monoisotopic (exact) mass is 315 g/mol. The van der Waals surface area contributed by atoms with E-state index in [1.807, 2.05) is 0 Å². The van der Waals surface area contributed by atoms with Gasteiger partial charge in [-0.15, -0.1) is 10.2 Å². The van der Waals surface area contributed by atoms with Crippen LogP contribution in [0.1, 0.15) is 24.6 Å². The van der Waals surface area contributed by atoms with Gasteiger partial charge in [0.25, 0.3) is 0 Å². The first kappa shape index (κ1) is 11.2. The van der Waals surface area contributed by atoms with E-state index in [0.717, 1.165) is 23.1 Å². The summed E-state index contributed by atoms with van der Waals surface area (Å²) in [5.41, 5.74) is 0.385. The van der Waals surface area contributed by atoms with Gasteiger partial charge in [-0.3, -0.25) is 4.57 Å². The molecule has 1 heterocycles. The molecule has 1 aromatic heterocycles. The molecule has 0 N–H and O–H groups in total. The molecule has 0 aliphatic heterocycles. The minimum atomic E-state index is -0.336. The van der Waals surface area contributed by atoms with Crippen molar-refractivity contribution in [2.75, 3.05) is 0 Å². The van der Waals surface area contributed by atoms with Crippen molar-refractivity contribution in [3.8, 4) is 5.69 Å². The van der Waals surface area contributed by atoms with Crippen LogP contribution in [0.25, 0.3) is 5.69 Å². The van der Waals surface area contributed by atoms with E-state index in [1.165, 1.54) is 6.07 Å². The molecule has 0 amide bonds. The molecule has 0 saturated heterocycles. The van der Waals surface area contributed by atoms with Gasteiger partial charge in [-0.2, -0.15) is 0 Å². The number of benzene rings is 1. The lowest BCUT2D eigenvalue weighted by Crippen LogP contribution is -2.03. The third kappa shape index (κ3) is 1.98. The van der Waals surface area contributed by atoms with Crippen molar-refractivity contribution in [3.05, 3.63) is 39.6 Å². The summed E-state index contributed by atoms with van der Waals surface area (Å²) in [7, 11) is 0. The first-order chi connectivity index (χ1) is 8.16. The van der Waals surface area contributed by atoms with Crippen molar-refractivity contribution >= 4 is 27.5 Å². The summed E-state index contributed by atoms with van der Waals surface area (Å²) in [6, 6.07) is 4.72. The fourth-order valence-corrected chi connectivity index (χ4v) is 2.33. The molecule has 17 heavy (non-hydrogen) atoms. The topological polar surface area (TPSA) is 30.7 Å². The van der Waals surface area contributed by atoms with E-state index in [-0.39, 0.29) is 11.1 Å². The molecule has 1 aliphatic rings. The van der Waals surface area contributed by atoms with Crippen molar-refractivity contribution in [2.45, 2.75) is 18.8 Å². The molecule has 6 heteroatoms. The van der Waals surface area contributed by atoms with Crippen LogP contribution in [0.3, 0.4) is 0 Å². The molecule has 3 nitrogen and oxygen atoms in total. The molecule has 0 atom stereocenters. The van der Waals surface area contributed by atoms with Gasteiger partial charge in [-0.1, -0.05) is 15.9 Å². The van der Waals surface area contributed by atoms with Gasteiger partial charge in [-0.25, -0.2) is 4.39 Å². The number of hydrogen-bond donors (Lipinski definition) is 0. The zero-order valence-corrected chi connectivity index (χ0v) is 11.0. The second-order valence-corrected chi connectivity index (χ2v) is 5.29. The molecule has 1 aromatic carbocycles. The fraction of sp³-hybridized carbons (Fsp3) is 0.273. The van der Waals surface area contributed by atoms with E-state index < -0.39 is 0 Å². The highest BCUT2D eigenvalue weighted by atomic mass is 79.9. The summed E-state index contributed by atoms with van der Waals surface area (Å²) in [6.07, 6.45) is 2.12. The van der Waals surface area contributed by atoms with Gasteiger partial charge in [0.15, 0.2) is 0 Å². The predicted molar refractivity (Wildman–Crippen MR) is 66.0 cm³/mol. The average molecular weight is 317 g/mol. The van der Waals surface area contributed by atoms with Gasteiger partial charge in [-0.05, 0) is 42.6 Å². The molecule has 0 bridgehead atoms. The Morgan fingerprint density at radius 3 is 2.82 bits per heavy atom. The SMILES string of the molecule is Fc1ccc(Br)cc1-n1c(Cl)nnc1C1CC1. The maximum absolute atomic E-state index is 13.8. The molecular weight excluding hydrogens is 308 g/mol. The normalized spacial score (nSPS) is 15.2. The first-order valence-electron chi connectivity index (χ1n) is 5.23. The Bertz CT molecular complexity index is 580. The van der Waals surface area contributed by atoms with Crippen molar-refractivity contribution in [1.29, 1.82) is 0 Å². The lowest BCUT2D eigenvalue weighted by atomic mass is 10.3. The van der Waals surface area contributed by atoms with Crippen LogP contribution in [0.2, 0.25) is 5.28 Å². The second-order valence-electron chi connectivity index (χ2n) is 4.03. The van der Waals surface area contributed by atoms with Gasteiger partial charge >= 0.3 is 0 Å². The third-order valence-corrected chi connectivity index (χ3v) is 3.48. The van der Waals surface area contributed by atoms with Gasteiger partial charge < -0.3 is 0 Å². The van der Waals surface area contributed by atoms with Crippen LogP contribution in [0.15, 0.2) is 22.7 Å². The number of nitrogens with zero attached hydrogens (tertiary/aromatic N) is 3. The van der Waals surface area contributed by atoms with Crippen LogP contribution in [0.4, 0.5) is 4.39 Å². The highest BCUT2D eigenvalue weighted by Gasteiger charge is 2.31. The molecule has 88 valence electrons. The summed E-state index contributed by atoms with van der Waals surface area (Å²) in [5, 5.41) is 8.04. The lowest BCUT2D eigenvalue weighted by molar-refractivity contribution is 0.614. The standard InChI is InChI=1S/C11H8BrClFN3/c12-7-3-4-8(14)9(5-7)17-10(6-1-2-6)15-16-11(17)13/h3-6H,1-2H2. The molecule has 1 aliphatic carbocycles. The predicted octanol–water partition coefficient (Wildman–Crippen LogP) is 3.70. The van der Waals surface area contributed by atoms with Gasteiger partial charge in [0.05, 0.1) is 5.69 Å². The van der Waals surface area contributed by atoms with E-state index in [1.54, 1.807) is 16.7 Å². The number of aromatic nitrogens is 3. The third-order valence-electron chi connectivity index (χ3n) is 2.74. The number of rotatable bonds is 2. The number of halogens is 3. The Balaban J connectivity index is 2.19. The van der Waals surface area contributed by atoms with E-state index in [2.05, 4.69) is 26.1 Å². The van der Waals surface area contributed by atoms with Crippen LogP contribution >= 0.6 is 27.5 Å². The van der Waals surface area contributed by atoms with Gasteiger partial charge in [0.1, 0.15) is 11.6 Å². The Labute approximate surface area is 111 Å². The molecular formula is C11H8BrClFN3. The van der Waals surface area contributed by atoms with Crippen LogP contribution in [-0.2, 0) is 0 Å². The van der Waals surface area contributed by atoms with Crippen LogP contribution in [0, 0.1) is 5.82 Å². The lowest BCUT2D eigenvalue weighted by Gasteiger charge is -2.08. The molecule has 1 fully saturated rings. The van der Waals surface area contributed by atoms with Gasteiger partial charge in [0.2, 0.25) is 5.28 Å². The van der Waals surface area contributed by atoms with Crippen molar-refractivity contribution < 1.29 is 4.39 Å². The zero-order valence-electron chi connectivity index (χ0n) is 8.70. The smallest absolute Gasteiger partial charge is 0.229 e. The molecule has 0 unspecified atom stereocenters. The maximum atomic E-state index is 13.8. The van der Waals surface area contributed by atoms with E-state index in [9.17, 15) is 4.39 Å². The summed E-state index contributed by atoms with van der Waals surface area (Å²) < 4.78 is 16.2. The van der Waals surface area contributed by atoms with Crippen LogP contribution in [-0.4, -0.2) is 14.8 Å². The van der Waals surface area contributed by atoms with Crippen molar-refractivity contribution in [2.24, 2.45) is 0 Å². The van der Waals surface area contributed by atoms with E-state index >= 15 is 0 Å². The highest BCUT2D eigenvalue weighted by molar-refractivity contribution is 9.10. The Morgan fingerprint density at radius 2 is 2.12 bits per heavy atom. The molecule has 0 radical (unpaired) electrons. The average Bonchev–Trinajstić information content (AvgIpc) is 3.07. The molecule has 1 saturated carbocycles. The van der Waals surface area contributed by atoms with E-state index in [4.69, 9.17) is 11.6 Å². The Kier molecular flexibility index (Phi) is 2.67. The summed E-state index contributed by atoms with van der Waals surface area (Å²) in [5.74, 6) is 0.761. The van der Waals surface area contributed by atoms with Crippen LogP contribution < -0.4 is 0 Å². The Morgan fingerprint density at radius 1 is 1.35 bits per heavy atom. The quantitative estimate of drug-likeness (QED) is 0.846. The largest absolute Gasteiger partial charge is 0.266 e. The first-order valence-corrected chi connectivity index (χ1v) is 6.40. The minimum absolute atomic E-state index is 0.198. The second kappa shape index (κ2) is 4.07. The Hall–Kier alpha value is -0.940. The van der Waals surface area contributed by atoms with E-state index in [0.29, 0.717) is 11.6 Å². The maximum Gasteiger partial charge on any atom is 0.229 e. The van der Waals surface area contributed by atoms with Crippen molar-refractivity contribution in [1.82, 2.24) is 14.8 Å².